The van der Waals surface area contributed by atoms with Gasteiger partial charge in [0.1, 0.15) is 0 Å². The predicted octanol–water partition coefficient (Wildman–Crippen LogP) is 2.52. The summed E-state index contributed by atoms with van der Waals surface area (Å²) in [6.07, 6.45) is 4.86. The largest absolute Gasteiger partial charge is 0.335 e. The number of hydrogen-bond donors (Lipinski definition) is 3. The molecule has 0 bridgehead atoms. The van der Waals surface area contributed by atoms with Crippen LogP contribution in [0.5, 0.6) is 0 Å². The molecule has 0 aliphatic rings. The van der Waals surface area contributed by atoms with Crippen molar-refractivity contribution in [2.75, 3.05) is 11.9 Å². The maximum atomic E-state index is 12.1. The molecular formula is C18H24N4O3S. The fourth-order valence-corrected chi connectivity index (χ4v) is 3.49. The van der Waals surface area contributed by atoms with Gasteiger partial charge in [0.2, 0.25) is 10.0 Å². The molecule has 140 valence electrons. The second kappa shape index (κ2) is 9.30. The Labute approximate surface area is 154 Å². The SMILES string of the molecule is CCCNS(=O)(=O)c1ccc(NC(=O)NC(C)Cc2cccnc2)cc1. The van der Waals surface area contributed by atoms with Crippen LogP contribution >= 0.6 is 0 Å². The molecule has 2 amide bonds. The Hall–Kier alpha value is -2.45. The van der Waals surface area contributed by atoms with Crippen molar-refractivity contribution in [2.24, 2.45) is 0 Å². The standard InChI is InChI=1S/C18H24N4O3S/c1-3-10-20-26(24,25)17-8-6-16(7-9-17)22-18(23)21-14(2)12-15-5-4-11-19-13-15/h4-9,11,13-14,20H,3,10,12H2,1-2H3,(H2,21,22,23). The van der Waals surface area contributed by atoms with Gasteiger partial charge in [-0.1, -0.05) is 13.0 Å². The third-order valence-electron chi connectivity index (χ3n) is 3.61. The number of carbonyl (C=O) groups excluding carboxylic acids is 1. The van der Waals surface area contributed by atoms with Crippen molar-refractivity contribution in [1.82, 2.24) is 15.0 Å². The van der Waals surface area contributed by atoms with Gasteiger partial charge in [0.05, 0.1) is 4.90 Å². The number of sulfonamides is 1. The predicted molar refractivity (Wildman–Crippen MR) is 101 cm³/mol. The maximum absolute atomic E-state index is 12.1. The summed E-state index contributed by atoms with van der Waals surface area (Å²) < 4.78 is 26.6. The minimum atomic E-state index is -3.51. The normalized spacial score (nSPS) is 12.4. The van der Waals surface area contributed by atoms with Gasteiger partial charge in [-0.05, 0) is 55.7 Å². The Balaban J connectivity index is 1.89. The summed E-state index contributed by atoms with van der Waals surface area (Å²) in [4.78, 5) is 16.3. The molecule has 0 fully saturated rings. The summed E-state index contributed by atoms with van der Waals surface area (Å²) in [5.41, 5.74) is 1.56. The molecule has 8 heteroatoms. The van der Waals surface area contributed by atoms with Crippen LogP contribution in [0.1, 0.15) is 25.8 Å². The number of nitrogens with one attached hydrogen (secondary N) is 3. The number of nitrogens with zero attached hydrogens (tertiary/aromatic N) is 1. The van der Waals surface area contributed by atoms with Gasteiger partial charge in [-0.15, -0.1) is 0 Å². The summed E-state index contributed by atoms with van der Waals surface area (Å²) in [6, 6.07) is 9.44. The first-order valence-electron chi connectivity index (χ1n) is 8.47. The quantitative estimate of drug-likeness (QED) is 0.659. The summed E-state index contributed by atoms with van der Waals surface area (Å²) in [5, 5.41) is 5.54. The summed E-state index contributed by atoms with van der Waals surface area (Å²) in [6.45, 7) is 4.19. The van der Waals surface area contributed by atoms with Gasteiger partial charge in [-0.2, -0.15) is 0 Å². The van der Waals surface area contributed by atoms with E-state index in [1.165, 1.54) is 12.1 Å². The molecule has 0 aliphatic carbocycles. The highest BCUT2D eigenvalue weighted by molar-refractivity contribution is 7.89. The molecule has 0 saturated heterocycles. The number of amides is 2. The monoisotopic (exact) mass is 376 g/mol. The fraction of sp³-hybridized carbons (Fsp3) is 0.333. The van der Waals surface area contributed by atoms with Crippen LogP contribution < -0.4 is 15.4 Å². The van der Waals surface area contributed by atoms with E-state index in [1.54, 1.807) is 24.5 Å². The lowest BCUT2D eigenvalue weighted by Gasteiger charge is -2.15. The van der Waals surface area contributed by atoms with Crippen LogP contribution in [-0.2, 0) is 16.4 Å². The lowest BCUT2D eigenvalue weighted by Crippen LogP contribution is -2.37. The third-order valence-corrected chi connectivity index (χ3v) is 5.08. The first kappa shape index (κ1) is 19.9. The molecule has 1 unspecified atom stereocenters. The van der Waals surface area contributed by atoms with Crippen molar-refractivity contribution in [3.05, 3.63) is 54.4 Å². The zero-order valence-corrected chi connectivity index (χ0v) is 15.7. The molecule has 1 aromatic heterocycles. The molecule has 0 saturated carbocycles. The summed E-state index contributed by atoms with van der Waals surface area (Å²) in [5.74, 6) is 0. The second-order valence-electron chi connectivity index (χ2n) is 5.99. The van der Waals surface area contributed by atoms with Gasteiger partial charge in [-0.25, -0.2) is 17.9 Å². The Morgan fingerprint density at radius 3 is 2.54 bits per heavy atom. The Bertz CT molecular complexity index is 808. The lowest BCUT2D eigenvalue weighted by molar-refractivity contribution is 0.249. The first-order chi connectivity index (χ1) is 12.4. The van der Waals surface area contributed by atoms with Crippen LogP contribution in [0.25, 0.3) is 0 Å². The molecule has 2 aromatic rings. The average Bonchev–Trinajstić information content (AvgIpc) is 2.61. The van der Waals surface area contributed by atoms with Crippen LogP contribution in [0.4, 0.5) is 10.5 Å². The van der Waals surface area contributed by atoms with E-state index in [9.17, 15) is 13.2 Å². The number of aromatic nitrogens is 1. The summed E-state index contributed by atoms with van der Waals surface area (Å²) in [7, 11) is -3.51. The topological polar surface area (TPSA) is 100 Å². The van der Waals surface area contributed by atoms with Gasteiger partial charge < -0.3 is 10.6 Å². The summed E-state index contributed by atoms with van der Waals surface area (Å²) >= 11 is 0. The lowest BCUT2D eigenvalue weighted by atomic mass is 10.1. The molecule has 0 aliphatic heterocycles. The van der Waals surface area contributed by atoms with E-state index >= 15 is 0 Å². The zero-order chi connectivity index (χ0) is 19.0. The highest BCUT2D eigenvalue weighted by Gasteiger charge is 2.13. The van der Waals surface area contributed by atoms with Crippen LogP contribution in [0.15, 0.2) is 53.7 Å². The highest BCUT2D eigenvalue weighted by atomic mass is 32.2. The van der Waals surface area contributed by atoms with Gasteiger partial charge in [-0.3, -0.25) is 4.98 Å². The highest BCUT2D eigenvalue weighted by Crippen LogP contribution is 2.14. The number of hydrogen-bond acceptors (Lipinski definition) is 4. The molecule has 3 N–H and O–H groups in total. The molecule has 0 spiro atoms. The molecule has 0 radical (unpaired) electrons. The number of pyridine rings is 1. The van der Waals surface area contributed by atoms with E-state index in [0.29, 0.717) is 18.7 Å². The molecular weight excluding hydrogens is 352 g/mol. The van der Waals surface area contributed by atoms with E-state index in [-0.39, 0.29) is 17.0 Å². The molecule has 2 rings (SSSR count). The first-order valence-corrected chi connectivity index (χ1v) is 9.95. The van der Waals surface area contributed by atoms with Crippen LogP contribution in [0, 0.1) is 0 Å². The van der Waals surface area contributed by atoms with Gasteiger partial charge in [0.15, 0.2) is 0 Å². The minimum absolute atomic E-state index is 0.0721. The van der Waals surface area contributed by atoms with Crippen molar-refractivity contribution in [1.29, 1.82) is 0 Å². The van der Waals surface area contributed by atoms with Crippen LogP contribution in [-0.4, -0.2) is 32.0 Å². The van der Waals surface area contributed by atoms with Crippen molar-refractivity contribution in [3.63, 3.8) is 0 Å². The zero-order valence-electron chi connectivity index (χ0n) is 14.9. The number of benzene rings is 1. The van der Waals surface area contributed by atoms with Crippen molar-refractivity contribution in [2.45, 2.75) is 37.6 Å². The third kappa shape index (κ3) is 6.12. The van der Waals surface area contributed by atoms with E-state index in [0.717, 1.165) is 12.0 Å². The van der Waals surface area contributed by atoms with E-state index in [4.69, 9.17) is 0 Å². The van der Waals surface area contributed by atoms with Crippen LogP contribution in [0.3, 0.4) is 0 Å². The molecule has 1 heterocycles. The van der Waals surface area contributed by atoms with E-state index in [1.807, 2.05) is 26.0 Å². The van der Waals surface area contributed by atoms with Crippen LogP contribution in [0.2, 0.25) is 0 Å². The molecule has 7 nitrogen and oxygen atoms in total. The Morgan fingerprint density at radius 1 is 1.19 bits per heavy atom. The number of rotatable bonds is 8. The fourth-order valence-electron chi connectivity index (χ4n) is 2.35. The Morgan fingerprint density at radius 2 is 1.92 bits per heavy atom. The van der Waals surface area contributed by atoms with Crippen molar-refractivity contribution in [3.8, 4) is 0 Å². The van der Waals surface area contributed by atoms with E-state index < -0.39 is 10.0 Å². The molecule has 1 atom stereocenters. The number of urea groups is 1. The van der Waals surface area contributed by atoms with Gasteiger partial charge in [0, 0.05) is 30.7 Å². The molecule has 26 heavy (non-hydrogen) atoms. The minimum Gasteiger partial charge on any atom is -0.335 e. The Kier molecular flexibility index (Phi) is 7.11. The molecule has 1 aromatic carbocycles. The van der Waals surface area contributed by atoms with Crippen molar-refractivity contribution >= 4 is 21.7 Å². The van der Waals surface area contributed by atoms with Crippen molar-refractivity contribution < 1.29 is 13.2 Å². The second-order valence-corrected chi connectivity index (χ2v) is 7.75. The number of carbonyl (C=O) groups is 1. The smallest absolute Gasteiger partial charge is 0.319 e. The van der Waals surface area contributed by atoms with E-state index in [2.05, 4.69) is 20.3 Å². The maximum Gasteiger partial charge on any atom is 0.319 e. The average molecular weight is 376 g/mol. The van der Waals surface area contributed by atoms with Gasteiger partial charge >= 0.3 is 6.03 Å². The number of anilines is 1. The van der Waals surface area contributed by atoms with Gasteiger partial charge in [0.25, 0.3) is 0 Å².